The van der Waals surface area contributed by atoms with Gasteiger partial charge in [-0.2, -0.15) is 0 Å². The zero-order chi connectivity index (χ0) is 13.9. The molecule has 0 saturated heterocycles. The fourth-order valence-corrected chi connectivity index (χ4v) is 4.97. The number of aryl methyl sites for hydroxylation is 1. The number of halogens is 1. The molecule has 0 saturated carbocycles. The Hall–Kier alpha value is -0.550. The van der Waals surface area contributed by atoms with Crippen molar-refractivity contribution in [1.82, 2.24) is 10.3 Å². The lowest BCUT2D eigenvalue weighted by molar-refractivity contribution is 0.501. The summed E-state index contributed by atoms with van der Waals surface area (Å²) in [5.41, 5.74) is 1.31. The van der Waals surface area contributed by atoms with E-state index in [1.807, 2.05) is 36.6 Å². The average Bonchev–Trinajstić information content (AvgIpc) is 2.88. The molecule has 1 aliphatic carbocycles. The SMILES string of the molecule is CNC1CCCc2nc(CSc3cccc(Cl)c3)sc21. The van der Waals surface area contributed by atoms with Gasteiger partial charge in [0.1, 0.15) is 5.01 Å². The third-order valence-electron chi connectivity index (χ3n) is 3.50. The van der Waals surface area contributed by atoms with Gasteiger partial charge in [-0.25, -0.2) is 4.98 Å². The third-order valence-corrected chi connectivity index (χ3v) is 6.14. The molecule has 1 atom stereocenters. The fourth-order valence-electron chi connectivity index (χ4n) is 2.51. The van der Waals surface area contributed by atoms with E-state index in [0.29, 0.717) is 6.04 Å². The Balaban J connectivity index is 1.71. The van der Waals surface area contributed by atoms with Gasteiger partial charge in [0.25, 0.3) is 0 Å². The molecule has 2 aromatic rings. The summed E-state index contributed by atoms with van der Waals surface area (Å²) >= 11 is 9.68. The minimum absolute atomic E-state index is 0.501. The highest BCUT2D eigenvalue weighted by molar-refractivity contribution is 7.98. The lowest BCUT2D eigenvalue weighted by Crippen LogP contribution is -2.19. The van der Waals surface area contributed by atoms with Crippen molar-refractivity contribution in [2.24, 2.45) is 0 Å². The number of hydrogen-bond donors (Lipinski definition) is 1. The molecule has 1 aromatic heterocycles. The standard InChI is InChI=1S/C15H17ClN2S2/c1-17-12-6-3-7-13-15(12)20-14(18-13)9-19-11-5-2-4-10(16)8-11/h2,4-5,8,12,17H,3,6-7,9H2,1H3. The van der Waals surface area contributed by atoms with E-state index in [1.54, 1.807) is 11.8 Å². The maximum Gasteiger partial charge on any atom is 0.103 e. The largest absolute Gasteiger partial charge is 0.312 e. The van der Waals surface area contributed by atoms with Gasteiger partial charge in [-0.3, -0.25) is 0 Å². The van der Waals surface area contributed by atoms with E-state index in [-0.39, 0.29) is 0 Å². The molecule has 0 amide bonds. The first-order valence-corrected chi connectivity index (χ1v) is 8.98. The van der Waals surface area contributed by atoms with Crippen molar-refractivity contribution in [2.45, 2.75) is 36.0 Å². The molecular weight excluding hydrogens is 308 g/mol. The van der Waals surface area contributed by atoms with Crippen LogP contribution in [0, 0.1) is 0 Å². The molecule has 0 aliphatic heterocycles. The molecule has 2 nitrogen and oxygen atoms in total. The molecule has 5 heteroatoms. The van der Waals surface area contributed by atoms with Crippen LogP contribution in [0.5, 0.6) is 0 Å². The van der Waals surface area contributed by atoms with Gasteiger partial charge in [-0.05, 0) is 44.5 Å². The van der Waals surface area contributed by atoms with Crippen LogP contribution >= 0.6 is 34.7 Å². The van der Waals surface area contributed by atoms with Crippen LogP contribution in [0.4, 0.5) is 0 Å². The van der Waals surface area contributed by atoms with Crippen molar-refractivity contribution in [3.63, 3.8) is 0 Å². The summed E-state index contributed by atoms with van der Waals surface area (Å²) in [5, 5.41) is 5.42. The molecule has 1 unspecified atom stereocenters. The van der Waals surface area contributed by atoms with E-state index in [1.165, 1.54) is 33.3 Å². The van der Waals surface area contributed by atoms with Gasteiger partial charge in [0, 0.05) is 20.8 Å². The minimum Gasteiger partial charge on any atom is -0.312 e. The van der Waals surface area contributed by atoms with E-state index in [2.05, 4.69) is 11.4 Å². The lowest BCUT2D eigenvalue weighted by atomic mass is 9.98. The monoisotopic (exact) mass is 324 g/mol. The van der Waals surface area contributed by atoms with Crippen LogP contribution in [0.25, 0.3) is 0 Å². The number of thioether (sulfide) groups is 1. The third kappa shape index (κ3) is 3.19. The molecule has 20 heavy (non-hydrogen) atoms. The number of thiazole rings is 1. The van der Waals surface area contributed by atoms with Gasteiger partial charge in [0.05, 0.1) is 11.4 Å². The van der Waals surface area contributed by atoms with Crippen LogP contribution < -0.4 is 5.32 Å². The van der Waals surface area contributed by atoms with E-state index in [4.69, 9.17) is 16.6 Å². The average molecular weight is 325 g/mol. The van der Waals surface area contributed by atoms with Crippen molar-refractivity contribution < 1.29 is 0 Å². The molecule has 0 fully saturated rings. The Labute approximate surface area is 133 Å². The quantitative estimate of drug-likeness (QED) is 0.826. The van der Waals surface area contributed by atoms with Gasteiger partial charge >= 0.3 is 0 Å². The molecular formula is C15H17ClN2S2. The van der Waals surface area contributed by atoms with Crippen molar-refractivity contribution in [3.05, 3.63) is 44.9 Å². The molecule has 1 aliphatic rings. The number of aromatic nitrogens is 1. The van der Waals surface area contributed by atoms with Crippen LogP contribution in [-0.4, -0.2) is 12.0 Å². The number of hydrogen-bond acceptors (Lipinski definition) is 4. The topological polar surface area (TPSA) is 24.9 Å². The summed E-state index contributed by atoms with van der Waals surface area (Å²) in [7, 11) is 2.04. The Morgan fingerprint density at radius 1 is 1.50 bits per heavy atom. The van der Waals surface area contributed by atoms with Crippen molar-refractivity contribution >= 4 is 34.7 Å². The predicted octanol–water partition coefficient (Wildman–Crippen LogP) is 4.69. The number of nitrogens with one attached hydrogen (secondary N) is 1. The maximum atomic E-state index is 6.01. The molecule has 0 spiro atoms. The van der Waals surface area contributed by atoms with Crippen molar-refractivity contribution in [1.29, 1.82) is 0 Å². The van der Waals surface area contributed by atoms with Crippen LogP contribution in [0.1, 0.15) is 34.5 Å². The first-order chi connectivity index (χ1) is 9.76. The zero-order valence-corrected chi connectivity index (χ0v) is 13.7. The molecule has 0 bridgehead atoms. The number of fused-ring (bicyclic) bond motifs is 1. The highest BCUT2D eigenvalue weighted by atomic mass is 35.5. The normalized spacial score (nSPS) is 18.0. The zero-order valence-electron chi connectivity index (χ0n) is 11.4. The lowest BCUT2D eigenvalue weighted by Gasteiger charge is -2.20. The maximum absolute atomic E-state index is 6.01. The molecule has 106 valence electrons. The Kier molecular flexibility index (Phi) is 4.66. The minimum atomic E-state index is 0.501. The highest BCUT2D eigenvalue weighted by Crippen LogP contribution is 2.36. The Morgan fingerprint density at radius 3 is 3.20 bits per heavy atom. The van der Waals surface area contributed by atoms with Crippen molar-refractivity contribution in [2.75, 3.05) is 7.05 Å². The van der Waals surface area contributed by atoms with E-state index < -0.39 is 0 Å². The highest BCUT2D eigenvalue weighted by Gasteiger charge is 2.23. The van der Waals surface area contributed by atoms with Crippen molar-refractivity contribution in [3.8, 4) is 0 Å². The van der Waals surface area contributed by atoms with Gasteiger partial charge in [-0.15, -0.1) is 23.1 Å². The number of benzene rings is 1. The summed E-state index contributed by atoms with van der Waals surface area (Å²) in [5.74, 6) is 0.925. The van der Waals surface area contributed by atoms with Crippen LogP contribution in [0.3, 0.4) is 0 Å². The van der Waals surface area contributed by atoms with Gasteiger partial charge in [0.2, 0.25) is 0 Å². The second-order valence-corrected chi connectivity index (χ2v) is 7.50. The smallest absolute Gasteiger partial charge is 0.103 e. The molecule has 1 N–H and O–H groups in total. The number of nitrogens with zero attached hydrogens (tertiary/aromatic N) is 1. The fraction of sp³-hybridized carbons (Fsp3) is 0.400. The van der Waals surface area contributed by atoms with Crippen LogP contribution in [-0.2, 0) is 12.2 Å². The van der Waals surface area contributed by atoms with E-state index >= 15 is 0 Å². The summed E-state index contributed by atoms with van der Waals surface area (Å²) in [6, 6.07) is 8.51. The van der Waals surface area contributed by atoms with Gasteiger partial charge in [-0.1, -0.05) is 17.7 Å². The summed E-state index contributed by atoms with van der Waals surface area (Å²) in [4.78, 5) is 7.46. The van der Waals surface area contributed by atoms with Crippen LogP contribution in [0.15, 0.2) is 29.2 Å². The van der Waals surface area contributed by atoms with E-state index in [0.717, 1.165) is 17.2 Å². The summed E-state index contributed by atoms with van der Waals surface area (Å²) in [6.07, 6.45) is 3.60. The van der Waals surface area contributed by atoms with Gasteiger partial charge in [0.15, 0.2) is 0 Å². The second kappa shape index (κ2) is 6.48. The predicted molar refractivity (Wildman–Crippen MR) is 87.9 cm³/mol. The van der Waals surface area contributed by atoms with Gasteiger partial charge < -0.3 is 5.32 Å². The number of rotatable bonds is 4. The molecule has 1 aromatic carbocycles. The summed E-state index contributed by atoms with van der Waals surface area (Å²) < 4.78 is 0. The molecule has 0 radical (unpaired) electrons. The summed E-state index contributed by atoms with van der Waals surface area (Å²) in [6.45, 7) is 0. The second-order valence-electron chi connectivity index (χ2n) is 4.90. The first kappa shape index (κ1) is 14.4. The molecule has 1 heterocycles. The van der Waals surface area contributed by atoms with E-state index in [9.17, 15) is 0 Å². The Morgan fingerprint density at radius 2 is 2.40 bits per heavy atom. The molecule has 3 rings (SSSR count). The van der Waals surface area contributed by atoms with Crippen LogP contribution in [0.2, 0.25) is 5.02 Å². The first-order valence-electron chi connectivity index (χ1n) is 6.80. The Bertz CT molecular complexity index is 597.